The van der Waals surface area contributed by atoms with Gasteiger partial charge in [-0.25, -0.2) is 0 Å². The van der Waals surface area contributed by atoms with Gasteiger partial charge < -0.3 is 15.5 Å². The highest BCUT2D eigenvalue weighted by Crippen LogP contribution is 2.15. The molecule has 2 rings (SSSR count). The number of piperidine rings is 2. The monoisotopic (exact) mass is 366 g/mol. The maximum atomic E-state index is 6.06. The van der Waals surface area contributed by atoms with E-state index < -0.39 is 0 Å². The molecule has 2 saturated heterocycles. The highest BCUT2D eigenvalue weighted by atomic mass is 127. The van der Waals surface area contributed by atoms with Gasteiger partial charge in [-0.15, -0.1) is 24.0 Å². The van der Waals surface area contributed by atoms with Crippen LogP contribution in [-0.4, -0.2) is 55.5 Å². The van der Waals surface area contributed by atoms with Crippen LogP contribution in [0.25, 0.3) is 0 Å². The maximum absolute atomic E-state index is 6.06. The van der Waals surface area contributed by atoms with Gasteiger partial charge in [0, 0.05) is 26.2 Å². The zero-order valence-electron chi connectivity index (χ0n) is 11.5. The van der Waals surface area contributed by atoms with Gasteiger partial charge >= 0.3 is 0 Å². The summed E-state index contributed by atoms with van der Waals surface area (Å²) in [6.45, 7) is 5.52. The van der Waals surface area contributed by atoms with E-state index in [1.165, 1.54) is 45.2 Å². The van der Waals surface area contributed by atoms with Crippen molar-refractivity contribution in [1.82, 2.24) is 9.80 Å². The third-order valence-corrected chi connectivity index (χ3v) is 3.91. The minimum Gasteiger partial charge on any atom is -0.370 e. The van der Waals surface area contributed by atoms with E-state index in [0.29, 0.717) is 5.92 Å². The molecule has 0 amide bonds. The number of aliphatic imine (C=N–C) groups is 1. The van der Waals surface area contributed by atoms with Crippen molar-refractivity contribution in [2.75, 3.05) is 39.8 Å². The largest absolute Gasteiger partial charge is 0.370 e. The average Bonchev–Trinajstić information content (AvgIpc) is 2.37. The summed E-state index contributed by atoms with van der Waals surface area (Å²) < 4.78 is 0. The average molecular weight is 366 g/mol. The molecule has 0 radical (unpaired) electrons. The standard InChI is InChI=1S/C13H26N4.HI/c1-16-7-5-6-12(11-16)10-15-13(14)17-8-3-2-4-9-17;/h12H,2-11H2,1H3,(H2,14,15);1H. The smallest absolute Gasteiger partial charge is 0.191 e. The van der Waals surface area contributed by atoms with Gasteiger partial charge in [0.2, 0.25) is 0 Å². The fraction of sp³-hybridized carbons (Fsp3) is 0.923. The highest BCUT2D eigenvalue weighted by molar-refractivity contribution is 14.0. The van der Waals surface area contributed by atoms with Crippen LogP contribution in [0, 0.1) is 5.92 Å². The summed E-state index contributed by atoms with van der Waals surface area (Å²) in [6.07, 6.45) is 6.49. The van der Waals surface area contributed by atoms with Gasteiger partial charge in [0.1, 0.15) is 0 Å². The molecule has 2 N–H and O–H groups in total. The van der Waals surface area contributed by atoms with E-state index in [-0.39, 0.29) is 24.0 Å². The zero-order chi connectivity index (χ0) is 12.1. The summed E-state index contributed by atoms with van der Waals surface area (Å²) in [6, 6.07) is 0. The first-order valence-electron chi connectivity index (χ1n) is 6.99. The van der Waals surface area contributed by atoms with Gasteiger partial charge in [-0.1, -0.05) is 0 Å². The first-order chi connectivity index (χ1) is 8.25. The van der Waals surface area contributed by atoms with E-state index >= 15 is 0 Å². The molecular weight excluding hydrogens is 339 g/mol. The molecule has 0 aromatic heterocycles. The van der Waals surface area contributed by atoms with E-state index in [0.717, 1.165) is 25.6 Å². The van der Waals surface area contributed by atoms with Crippen molar-refractivity contribution in [3.05, 3.63) is 0 Å². The molecule has 2 aliphatic rings. The second kappa shape index (κ2) is 8.19. The Labute approximate surface area is 128 Å². The second-order valence-corrected chi connectivity index (χ2v) is 5.52. The van der Waals surface area contributed by atoms with Crippen molar-refractivity contribution in [2.45, 2.75) is 32.1 Å². The van der Waals surface area contributed by atoms with Gasteiger partial charge in [-0.2, -0.15) is 0 Å². The Hall–Kier alpha value is -0.0400. The van der Waals surface area contributed by atoms with Gasteiger partial charge in [0.15, 0.2) is 5.96 Å². The van der Waals surface area contributed by atoms with Crippen molar-refractivity contribution in [2.24, 2.45) is 16.6 Å². The molecule has 0 aromatic carbocycles. The van der Waals surface area contributed by atoms with Crippen LogP contribution in [0.15, 0.2) is 4.99 Å². The number of guanidine groups is 1. The number of nitrogens with zero attached hydrogens (tertiary/aromatic N) is 3. The van der Waals surface area contributed by atoms with Crippen LogP contribution in [0.3, 0.4) is 0 Å². The van der Waals surface area contributed by atoms with E-state index in [4.69, 9.17) is 5.73 Å². The van der Waals surface area contributed by atoms with Gasteiger partial charge in [0.05, 0.1) is 0 Å². The predicted octanol–water partition coefficient (Wildman–Crippen LogP) is 1.75. The number of rotatable bonds is 2. The molecule has 2 aliphatic heterocycles. The number of likely N-dealkylation sites (tertiary alicyclic amines) is 2. The van der Waals surface area contributed by atoms with Crippen LogP contribution >= 0.6 is 24.0 Å². The van der Waals surface area contributed by atoms with Crippen molar-refractivity contribution in [3.63, 3.8) is 0 Å². The Balaban J connectivity index is 0.00000162. The van der Waals surface area contributed by atoms with E-state index in [2.05, 4.69) is 21.8 Å². The molecule has 2 heterocycles. The minimum absolute atomic E-state index is 0. The molecule has 0 saturated carbocycles. The van der Waals surface area contributed by atoms with Crippen molar-refractivity contribution in [3.8, 4) is 0 Å². The quantitative estimate of drug-likeness (QED) is 0.460. The number of halogens is 1. The van der Waals surface area contributed by atoms with Crippen LogP contribution in [0.4, 0.5) is 0 Å². The summed E-state index contributed by atoms with van der Waals surface area (Å²) in [5.74, 6) is 1.48. The van der Waals surface area contributed by atoms with E-state index in [1.807, 2.05) is 0 Å². The Morgan fingerprint density at radius 3 is 2.56 bits per heavy atom. The van der Waals surface area contributed by atoms with Crippen LogP contribution in [0.2, 0.25) is 0 Å². The third kappa shape index (κ3) is 4.91. The Bertz CT molecular complexity index is 264. The fourth-order valence-electron chi connectivity index (χ4n) is 2.87. The van der Waals surface area contributed by atoms with Crippen molar-refractivity contribution in [1.29, 1.82) is 0 Å². The SMILES string of the molecule is CN1CCCC(CN=C(N)N2CCCCC2)C1.I. The maximum Gasteiger partial charge on any atom is 0.191 e. The minimum atomic E-state index is 0. The lowest BCUT2D eigenvalue weighted by molar-refractivity contribution is 0.214. The molecule has 0 aromatic rings. The molecule has 0 aliphatic carbocycles. The van der Waals surface area contributed by atoms with Crippen LogP contribution in [0.5, 0.6) is 0 Å². The summed E-state index contributed by atoms with van der Waals surface area (Å²) in [4.78, 5) is 9.25. The molecule has 4 nitrogen and oxygen atoms in total. The van der Waals surface area contributed by atoms with Crippen LogP contribution < -0.4 is 5.73 Å². The van der Waals surface area contributed by atoms with Gasteiger partial charge in [-0.05, 0) is 51.6 Å². The van der Waals surface area contributed by atoms with Crippen LogP contribution in [0.1, 0.15) is 32.1 Å². The molecule has 2 fully saturated rings. The van der Waals surface area contributed by atoms with E-state index in [9.17, 15) is 0 Å². The highest BCUT2D eigenvalue weighted by Gasteiger charge is 2.17. The molecule has 0 bridgehead atoms. The van der Waals surface area contributed by atoms with Gasteiger partial charge in [0.25, 0.3) is 0 Å². The lowest BCUT2D eigenvalue weighted by atomic mass is 9.99. The molecule has 18 heavy (non-hydrogen) atoms. The van der Waals surface area contributed by atoms with Crippen molar-refractivity contribution >= 4 is 29.9 Å². The summed E-state index contributed by atoms with van der Waals surface area (Å²) in [5.41, 5.74) is 6.06. The zero-order valence-corrected chi connectivity index (χ0v) is 13.8. The molecule has 1 unspecified atom stereocenters. The second-order valence-electron chi connectivity index (χ2n) is 5.52. The third-order valence-electron chi connectivity index (χ3n) is 3.91. The lowest BCUT2D eigenvalue weighted by Gasteiger charge is -2.30. The normalized spacial score (nSPS) is 26.8. The van der Waals surface area contributed by atoms with Gasteiger partial charge in [-0.3, -0.25) is 4.99 Å². The Kier molecular flexibility index (Phi) is 7.29. The Morgan fingerprint density at radius 2 is 1.89 bits per heavy atom. The first kappa shape index (κ1) is 16.0. The number of nitrogens with two attached hydrogens (primary N) is 1. The first-order valence-corrected chi connectivity index (χ1v) is 6.99. The van der Waals surface area contributed by atoms with Crippen molar-refractivity contribution < 1.29 is 0 Å². The summed E-state index contributed by atoms with van der Waals surface area (Å²) in [5, 5.41) is 0. The molecule has 1 atom stereocenters. The topological polar surface area (TPSA) is 44.9 Å². The molecule has 5 heteroatoms. The molecule has 106 valence electrons. The van der Waals surface area contributed by atoms with E-state index in [1.54, 1.807) is 0 Å². The number of hydrogen-bond donors (Lipinski definition) is 1. The Morgan fingerprint density at radius 1 is 1.17 bits per heavy atom. The fourth-order valence-corrected chi connectivity index (χ4v) is 2.87. The molecular formula is C13H27IN4. The van der Waals surface area contributed by atoms with Crippen LogP contribution in [-0.2, 0) is 0 Å². The summed E-state index contributed by atoms with van der Waals surface area (Å²) >= 11 is 0. The number of hydrogen-bond acceptors (Lipinski definition) is 2. The predicted molar refractivity (Wildman–Crippen MR) is 87.5 cm³/mol. The lowest BCUT2D eigenvalue weighted by Crippen LogP contribution is -2.41. The summed E-state index contributed by atoms with van der Waals surface area (Å²) in [7, 11) is 2.20. The molecule has 0 spiro atoms.